The molecule has 27 heavy (non-hydrogen) atoms. The molecule has 1 unspecified atom stereocenters. The highest BCUT2D eigenvalue weighted by atomic mass is 16.4. The number of hydrogen-bond acceptors (Lipinski definition) is 3. The van der Waals surface area contributed by atoms with Crippen molar-refractivity contribution in [3.63, 3.8) is 0 Å². The van der Waals surface area contributed by atoms with Gasteiger partial charge in [-0.25, -0.2) is 4.79 Å². The predicted molar refractivity (Wildman–Crippen MR) is 101 cm³/mol. The summed E-state index contributed by atoms with van der Waals surface area (Å²) in [5.74, 6) is -1.53. The third-order valence-corrected chi connectivity index (χ3v) is 5.24. The van der Waals surface area contributed by atoms with Crippen LogP contribution in [0.1, 0.15) is 47.8 Å². The number of rotatable bonds is 6. The molecule has 1 saturated carbocycles. The zero-order valence-electron chi connectivity index (χ0n) is 14.9. The number of nitrogens with one attached hydrogen (secondary N) is 2. The van der Waals surface area contributed by atoms with Crippen molar-refractivity contribution >= 4 is 22.8 Å². The quantitative estimate of drug-likeness (QED) is 0.624. The minimum Gasteiger partial charge on any atom is -0.480 e. The molecule has 0 aliphatic heterocycles. The number of aromatic amines is 1. The summed E-state index contributed by atoms with van der Waals surface area (Å²) in [4.78, 5) is 27.3. The molecular formula is C20H22N4O3. The topological polar surface area (TPSA) is 100 Å². The highest BCUT2D eigenvalue weighted by Crippen LogP contribution is 2.28. The average Bonchev–Trinajstić information content (AvgIpc) is 3.41. The Balaban J connectivity index is 1.48. The van der Waals surface area contributed by atoms with Crippen LogP contribution in [0.25, 0.3) is 10.9 Å². The van der Waals surface area contributed by atoms with Crippen molar-refractivity contribution in [2.45, 2.75) is 44.2 Å². The maximum absolute atomic E-state index is 12.5. The molecule has 7 nitrogen and oxygen atoms in total. The Labute approximate surface area is 156 Å². The molecule has 3 N–H and O–H groups in total. The summed E-state index contributed by atoms with van der Waals surface area (Å²) in [6, 6.07) is 8.66. The van der Waals surface area contributed by atoms with Crippen molar-refractivity contribution in [2.75, 3.05) is 0 Å². The van der Waals surface area contributed by atoms with E-state index in [1.807, 2.05) is 28.9 Å². The Morgan fingerprint density at radius 1 is 1.26 bits per heavy atom. The van der Waals surface area contributed by atoms with Crippen LogP contribution in [0.15, 0.2) is 42.7 Å². The molecule has 2 aromatic heterocycles. The van der Waals surface area contributed by atoms with Crippen molar-refractivity contribution in [1.29, 1.82) is 0 Å². The van der Waals surface area contributed by atoms with Crippen LogP contribution in [0.4, 0.5) is 0 Å². The number of carbonyl (C=O) groups is 2. The van der Waals surface area contributed by atoms with Gasteiger partial charge in [0, 0.05) is 29.7 Å². The van der Waals surface area contributed by atoms with E-state index < -0.39 is 17.9 Å². The second kappa shape index (κ2) is 7.26. The van der Waals surface area contributed by atoms with Gasteiger partial charge in [0.25, 0.3) is 5.91 Å². The SMILES string of the molecule is O=C(NC(Cc1c[nH]c2ccccc12)C(=O)O)c1ccn(C2CCCC2)n1. The lowest BCUT2D eigenvalue weighted by atomic mass is 10.0. The zero-order chi connectivity index (χ0) is 18.8. The van der Waals surface area contributed by atoms with Gasteiger partial charge >= 0.3 is 5.97 Å². The molecule has 7 heteroatoms. The van der Waals surface area contributed by atoms with E-state index in [4.69, 9.17) is 0 Å². The summed E-state index contributed by atoms with van der Waals surface area (Å²) in [7, 11) is 0. The van der Waals surface area contributed by atoms with Crippen LogP contribution in [0.5, 0.6) is 0 Å². The van der Waals surface area contributed by atoms with Gasteiger partial charge in [-0.15, -0.1) is 0 Å². The molecule has 0 spiro atoms. The fourth-order valence-electron chi connectivity index (χ4n) is 3.78. The van der Waals surface area contributed by atoms with Crippen LogP contribution in [-0.4, -0.2) is 37.8 Å². The second-order valence-corrected chi connectivity index (χ2v) is 7.05. The van der Waals surface area contributed by atoms with Crippen molar-refractivity contribution < 1.29 is 14.7 Å². The summed E-state index contributed by atoms with van der Waals surface area (Å²) < 4.78 is 1.83. The Morgan fingerprint density at radius 3 is 2.81 bits per heavy atom. The summed E-state index contributed by atoms with van der Waals surface area (Å²) in [6.07, 6.45) is 8.30. The first kappa shape index (κ1) is 17.3. The molecule has 1 atom stereocenters. The van der Waals surface area contributed by atoms with Crippen LogP contribution in [0, 0.1) is 0 Å². The summed E-state index contributed by atoms with van der Waals surface area (Å²) in [5, 5.41) is 17.5. The van der Waals surface area contributed by atoms with Crippen molar-refractivity contribution in [1.82, 2.24) is 20.1 Å². The monoisotopic (exact) mass is 366 g/mol. The lowest BCUT2D eigenvalue weighted by Crippen LogP contribution is -2.42. The molecular weight excluding hydrogens is 344 g/mol. The minimum atomic E-state index is -1.07. The number of carboxylic acid groups (broad SMARTS) is 1. The third kappa shape index (κ3) is 3.58. The van der Waals surface area contributed by atoms with Crippen molar-refractivity contribution in [3.8, 4) is 0 Å². The van der Waals surface area contributed by atoms with E-state index in [0.29, 0.717) is 6.04 Å². The Hall–Kier alpha value is -3.09. The molecule has 1 fully saturated rings. The molecule has 140 valence electrons. The zero-order valence-corrected chi connectivity index (χ0v) is 14.9. The number of para-hydroxylation sites is 1. The third-order valence-electron chi connectivity index (χ3n) is 5.24. The van der Waals surface area contributed by atoms with Crippen molar-refractivity contribution in [3.05, 3.63) is 54.0 Å². The van der Waals surface area contributed by atoms with E-state index in [-0.39, 0.29) is 12.1 Å². The van der Waals surface area contributed by atoms with Crippen LogP contribution in [-0.2, 0) is 11.2 Å². The number of fused-ring (bicyclic) bond motifs is 1. The maximum Gasteiger partial charge on any atom is 0.326 e. The second-order valence-electron chi connectivity index (χ2n) is 7.05. The van der Waals surface area contributed by atoms with E-state index in [2.05, 4.69) is 15.4 Å². The Kier molecular flexibility index (Phi) is 4.66. The molecule has 0 bridgehead atoms. The number of benzene rings is 1. The van der Waals surface area contributed by atoms with E-state index in [1.165, 1.54) is 12.8 Å². The normalized spacial score (nSPS) is 15.9. The highest BCUT2D eigenvalue weighted by molar-refractivity contribution is 5.95. The maximum atomic E-state index is 12.5. The Bertz CT molecular complexity index is 968. The molecule has 3 aromatic rings. The number of aliphatic carboxylic acids is 1. The number of aromatic nitrogens is 3. The highest BCUT2D eigenvalue weighted by Gasteiger charge is 2.24. The first-order valence-corrected chi connectivity index (χ1v) is 9.25. The van der Waals surface area contributed by atoms with E-state index in [0.717, 1.165) is 29.3 Å². The van der Waals surface area contributed by atoms with Gasteiger partial charge in [-0.2, -0.15) is 5.10 Å². The van der Waals surface area contributed by atoms with Crippen molar-refractivity contribution in [2.24, 2.45) is 0 Å². The van der Waals surface area contributed by atoms with Gasteiger partial charge in [-0.05, 0) is 30.5 Å². The number of carbonyl (C=O) groups excluding carboxylic acids is 1. The van der Waals surface area contributed by atoms with Gasteiger partial charge < -0.3 is 15.4 Å². The number of amides is 1. The van der Waals surface area contributed by atoms with Crippen LogP contribution >= 0.6 is 0 Å². The fourth-order valence-corrected chi connectivity index (χ4v) is 3.78. The fraction of sp³-hybridized carbons (Fsp3) is 0.350. The molecule has 0 saturated heterocycles. The summed E-state index contributed by atoms with van der Waals surface area (Å²) in [6.45, 7) is 0. The molecule has 2 heterocycles. The van der Waals surface area contributed by atoms with Crippen LogP contribution < -0.4 is 5.32 Å². The van der Waals surface area contributed by atoms with E-state index in [9.17, 15) is 14.7 Å². The van der Waals surface area contributed by atoms with Gasteiger partial charge in [0.2, 0.25) is 0 Å². The molecule has 1 aromatic carbocycles. The van der Waals surface area contributed by atoms with Gasteiger partial charge in [-0.3, -0.25) is 9.48 Å². The molecule has 0 radical (unpaired) electrons. The van der Waals surface area contributed by atoms with Crippen LogP contribution in [0.2, 0.25) is 0 Å². The number of nitrogens with zero attached hydrogens (tertiary/aromatic N) is 2. The van der Waals surface area contributed by atoms with Gasteiger partial charge in [-0.1, -0.05) is 31.0 Å². The summed E-state index contributed by atoms with van der Waals surface area (Å²) in [5.41, 5.74) is 2.06. The standard InChI is InChI=1S/C20H22N4O3/c25-19(17-9-10-24(23-17)14-5-1-2-6-14)22-18(20(26)27)11-13-12-21-16-8-4-3-7-15(13)16/h3-4,7-10,12,14,18,21H,1-2,5-6,11H2,(H,22,25)(H,26,27). The van der Waals surface area contributed by atoms with Gasteiger partial charge in [0.1, 0.15) is 11.7 Å². The summed E-state index contributed by atoms with van der Waals surface area (Å²) >= 11 is 0. The largest absolute Gasteiger partial charge is 0.480 e. The van der Waals surface area contributed by atoms with Gasteiger partial charge in [0.15, 0.2) is 0 Å². The van der Waals surface area contributed by atoms with E-state index >= 15 is 0 Å². The number of carboxylic acids is 1. The molecule has 1 aliphatic carbocycles. The predicted octanol–water partition coefficient (Wildman–Crippen LogP) is 2.91. The smallest absolute Gasteiger partial charge is 0.326 e. The first-order chi connectivity index (χ1) is 13.1. The van der Waals surface area contributed by atoms with E-state index in [1.54, 1.807) is 18.5 Å². The number of hydrogen-bond donors (Lipinski definition) is 3. The molecule has 1 aliphatic rings. The Morgan fingerprint density at radius 2 is 2.04 bits per heavy atom. The first-order valence-electron chi connectivity index (χ1n) is 9.25. The minimum absolute atomic E-state index is 0.203. The lowest BCUT2D eigenvalue weighted by molar-refractivity contribution is -0.139. The van der Waals surface area contributed by atoms with Gasteiger partial charge in [0.05, 0.1) is 6.04 Å². The average molecular weight is 366 g/mol. The molecule has 1 amide bonds. The van der Waals surface area contributed by atoms with Crippen LogP contribution in [0.3, 0.4) is 0 Å². The number of H-pyrrole nitrogens is 1. The molecule has 4 rings (SSSR count). The lowest BCUT2D eigenvalue weighted by Gasteiger charge is -2.13.